The van der Waals surface area contributed by atoms with Crippen LogP contribution >= 0.6 is 0 Å². The summed E-state index contributed by atoms with van der Waals surface area (Å²) in [5.41, 5.74) is 2.21. The molecule has 0 bridgehead atoms. The maximum Gasteiger partial charge on any atom is 0.168 e. The summed E-state index contributed by atoms with van der Waals surface area (Å²) >= 11 is 0. The van der Waals surface area contributed by atoms with Crippen molar-refractivity contribution in [2.45, 2.75) is 79.2 Å². The van der Waals surface area contributed by atoms with Gasteiger partial charge in [0.2, 0.25) is 0 Å². The number of fused-ring (bicyclic) bond motifs is 1. The maximum absolute atomic E-state index is 13.2. The Hall–Kier alpha value is -1.66. The summed E-state index contributed by atoms with van der Waals surface area (Å²) in [6.45, 7) is 11.1. The number of hydrogen-bond acceptors (Lipinski definition) is 3. The van der Waals surface area contributed by atoms with Gasteiger partial charge in [-0.05, 0) is 58.3 Å². The van der Waals surface area contributed by atoms with E-state index < -0.39 is 0 Å². The molecule has 1 saturated heterocycles. The van der Waals surface area contributed by atoms with Crippen LogP contribution in [0.1, 0.15) is 73.1 Å². The van der Waals surface area contributed by atoms with Crippen molar-refractivity contribution in [1.82, 2.24) is 0 Å². The monoisotopic (exact) mass is 384 g/mol. The Morgan fingerprint density at radius 3 is 2.57 bits per heavy atom. The summed E-state index contributed by atoms with van der Waals surface area (Å²) in [5.74, 6) is 7.52. The summed E-state index contributed by atoms with van der Waals surface area (Å²) in [4.78, 5) is 23.7. The third kappa shape index (κ3) is 5.03. The van der Waals surface area contributed by atoms with Gasteiger partial charge in [0.05, 0.1) is 6.61 Å². The summed E-state index contributed by atoms with van der Waals surface area (Å²) < 4.78 is 5.89. The van der Waals surface area contributed by atoms with E-state index in [0.29, 0.717) is 24.9 Å². The molecule has 0 unspecified atom stereocenters. The average Bonchev–Trinajstić information content (AvgIpc) is 3.14. The first-order chi connectivity index (χ1) is 13.3. The Morgan fingerprint density at radius 1 is 1.21 bits per heavy atom. The highest BCUT2D eigenvalue weighted by atomic mass is 16.5. The molecule has 0 radical (unpaired) electrons. The zero-order valence-electron chi connectivity index (χ0n) is 18.2. The molecule has 3 nitrogen and oxygen atoms in total. The largest absolute Gasteiger partial charge is 0.370 e. The van der Waals surface area contributed by atoms with Gasteiger partial charge < -0.3 is 9.53 Å². The lowest BCUT2D eigenvalue weighted by Crippen LogP contribution is -2.33. The number of carbonyl (C=O) groups is 2. The normalized spacial score (nSPS) is 32.8. The number of ketones is 1. The van der Waals surface area contributed by atoms with Crippen molar-refractivity contribution in [1.29, 1.82) is 0 Å². The predicted octanol–water partition coefficient (Wildman–Crippen LogP) is 5.30. The molecule has 2 rings (SSSR count). The standard InChI is InChI=1S/C25H36O3/c1-6-7-13-21-22-20(4)17-28-23(22)24(27)25(21,5)15-14-19(3)11-8-10-18(2)12-9-16-26/h10,14,16,20-23H,8-9,11-13,15,17H2,1-5H3/b18-10+,19-14+/t20-,21-,22-,23-,25+/m1/s1. The van der Waals surface area contributed by atoms with Crippen molar-refractivity contribution in [3.8, 4) is 11.8 Å². The van der Waals surface area contributed by atoms with E-state index in [2.05, 4.69) is 51.7 Å². The minimum Gasteiger partial charge on any atom is -0.370 e. The molecule has 5 atom stereocenters. The van der Waals surface area contributed by atoms with E-state index in [1.165, 1.54) is 11.1 Å². The van der Waals surface area contributed by atoms with Gasteiger partial charge in [-0.25, -0.2) is 0 Å². The van der Waals surface area contributed by atoms with Gasteiger partial charge >= 0.3 is 0 Å². The van der Waals surface area contributed by atoms with Gasteiger partial charge in [-0.1, -0.05) is 37.1 Å². The Kier molecular flexibility index (Phi) is 8.25. The van der Waals surface area contributed by atoms with E-state index in [0.717, 1.165) is 38.4 Å². The number of carbonyl (C=O) groups excluding carboxylic acids is 2. The first kappa shape index (κ1) is 22.6. The fourth-order valence-corrected chi connectivity index (χ4v) is 4.82. The molecule has 1 saturated carbocycles. The lowest BCUT2D eigenvalue weighted by atomic mass is 9.70. The van der Waals surface area contributed by atoms with Crippen LogP contribution in [0.25, 0.3) is 0 Å². The van der Waals surface area contributed by atoms with Gasteiger partial charge in [-0.15, -0.1) is 11.8 Å². The Bertz CT molecular complexity index is 690. The van der Waals surface area contributed by atoms with Crippen LogP contribution in [0.15, 0.2) is 23.3 Å². The van der Waals surface area contributed by atoms with E-state index >= 15 is 0 Å². The molecule has 154 valence electrons. The van der Waals surface area contributed by atoms with Crippen molar-refractivity contribution < 1.29 is 14.3 Å². The van der Waals surface area contributed by atoms with Crippen LogP contribution in [0.3, 0.4) is 0 Å². The highest BCUT2D eigenvalue weighted by molar-refractivity contribution is 5.92. The molecule has 3 heteroatoms. The number of Topliss-reactive ketones (excluding diaryl/α,β-unsaturated/α-hetero) is 1. The number of hydrogen-bond donors (Lipinski definition) is 0. The SMILES string of the molecule is CC#CC[C@@H]1[C@H]2[C@H](C)CO[C@H]2C(=O)[C@@]1(C)C/C=C(\C)CC/C=C(\C)CCC=O. The van der Waals surface area contributed by atoms with Gasteiger partial charge in [0.1, 0.15) is 12.4 Å². The second kappa shape index (κ2) is 10.2. The zero-order valence-corrected chi connectivity index (χ0v) is 18.2. The fraction of sp³-hybridized carbons (Fsp3) is 0.680. The molecular weight excluding hydrogens is 348 g/mol. The second-order valence-corrected chi connectivity index (χ2v) is 8.88. The van der Waals surface area contributed by atoms with Crippen molar-refractivity contribution in [3.63, 3.8) is 0 Å². The smallest absolute Gasteiger partial charge is 0.168 e. The fourth-order valence-electron chi connectivity index (χ4n) is 4.82. The van der Waals surface area contributed by atoms with Gasteiger partial charge in [0.15, 0.2) is 5.78 Å². The van der Waals surface area contributed by atoms with Crippen LogP contribution in [0.2, 0.25) is 0 Å². The van der Waals surface area contributed by atoms with Gasteiger partial charge in [0, 0.05) is 24.2 Å². The van der Waals surface area contributed by atoms with Crippen LogP contribution in [-0.4, -0.2) is 24.8 Å². The zero-order chi connectivity index (χ0) is 20.7. The number of ether oxygens (including phenoxy) is 1. The molecule has 1 aliphatic heterocycles. The minimum absolute atomic E-state index is 0.235. The van der Waals surface area contributed by atoms with Crippen molar-refractivity contribution in [3.05, 3.63) is 23.3 Å². The molecular formula is C25H36O3. The Morgan fingerprint density at radius 2 is 1.89 bits per heavy atom. The Balaban J connectivity index is 2.04. The lowest BCUT2D eigenvalue weighted by molar-refractivity contribution is -0.134. The molecule has 0 N–H and O–H groups in total. The van der Waals surface area contributed by atoms with Crippen LogP contribution in [0.4, 0.5) is 0 Å². The van der Waals surface area contributed by atoms with Crippen LogP contribution < -0.4 is 0 Å². The topological polar surface area (TPSA) is 43.4 Å². The van der Waals surface area contributed by atoms with Gasteiger partial charge in [0.25, 0.3) is 0 Å². The van der Waals surface area contributed by atoms with E-state index in [9.17, 15) is 9.59 Å². The first-order valence-electron chi connectivity index (χ1n) is 10.7. The molecule has 0 amide bonds. The molecule has 1 heterocycles. The molecule has 1 aliphatic carbocycles. The molecule has 2 aliphatic rings. The quantitative estimate of drug-likeness (QED) is 0.308. The minimum atomic E-state index is -0.384. The lowest BCUT2D eigenvalue weighted by Gasteiger charge is -2.32. The molecule has 0 spiro atoms. The molecule has 0 aromatic carbocycles. The van der Waals surface area contributed by atoms with Crippen molar-refractivity contribution in [2.75, 3.05) is 6.61 Å². The number of aldehydes is 1. The van der Waals surface area contributed by atoms with Gasteiger partial charge in [-0.2, -0.15) is 0 Å². The number of allylic oxidation sites excluding steroid dienone is 4. The van der Waals surface area contributed by atoms with Crippen molar-refractivity contribution >= 4 is 12.1 Å². The van der Waals surface area contributed by atoms with E-state index in [1.54, 1.807) is 0 Å². The molecule has 28 heavy (non-hydrogen) atoms. The third-order valence-electron chi connectivity index (χ3n) is 6.71. The molecule has 0 aromatic heterocycles. The molecule has 2 fully saturated rings. The van der Waals surface area contributed by atoms with E-state index in [4.69, 9.17) is 4.74 Å². The van der Waals surface area contributed by atoms with Crippen LogP contribution in [0.5, 0.6) is 0 Å². The van der Waals surface area contributed by atoms with Crippen molar-refractivity contribution in [2.24, 2.45) is 23.2 Å². The van der Waals surface area contributed by atoms with E-state index in [1.807, 2.05) is 6.92 Å². The summed E-state index contributed by atoms with van der Waals surface area (Å²) in [5, 5.41) is 0. The maximum atomic E-state index is 13.2. The van der Waals surface area contributed by atoms with Crippen LogP contribution in [0, 0.1) is 35.0 Å². The summed E-state index contributed by atoms with van der Waals surface area (Å²) in [6, 6.07) is 0. The summed E-state index contributed by atoms with van der Waals surface area (Å²) in [6.07, 6.45) is 10.2. The third-order valence-corrected chi connectivity index (χ3v) is 6.71. The average molecular weight is 385 g/mol. The second-order valence-electron chi connectivity index (χ2n) is 8.88. The number of rotatable bonds is 9. The highest BCUT2D eigenvalue weighted by Crippen LogP contribution is 2.54. The first-order valence-corrected chi connectivity index (χ1v) is 10.7. The summed E-state index contributed by atoms with van der Waals surface area (Å²) in [7, 11) is 0. The Labute approximate surface area is 171 Å². The van der Waals surface area contributed by atoms with E-state index in [-0.39, 0.29) is 23.2 Å². The van der Waals surface area contributed by atoms with Gasteiger partial charge in [-0.3, -0.25) is 4.79 Å². The highest BCUT2D eigenvalue weighted by Gasteiger charge is 2.60. The molecule has 0 aromatic rings. The predicted molar refractivity (Wildman–Crippen MR) is 114 cm³/mol. The van der Waals surface area contributed by atoms with Crippen LogP contribution in [-0.2, 0) is 14.3 Å².